The number of nitrogens with zero attached hydrogens (tertiary/aromatic N) is 4. The van der Waals surface area contributed by atoms with E-state index in [9.17, 15) is 13.2 Å². The van der Waals surface area contributed by atoms with Gasteiger partial charge in [-0.1, -0.05) is 11.2 Å². The summed E-state index contributed by atoms with van der Waals surface area (Å²) in [6, 6.07) is 5.62. The summed E-state index contributed by atoms with van der Waals surface area (Å²) in [6.07, 6.45) is 4.86. The Labute approximate surface area is 192 Å². The van der Waals surface area contributed by atoms with Crippen molar-refractivity contribution in [1.82, 2.24) is 19.9 Å². The summed E-state index contributed by atoms with van der Waals surface area (Å²) in [5.74, 6) is 1.26. The molecule has 3 heterocycles. The van der Waals surface area contributed by atoms with Gasteiger partial charge < -0.3 is 9.26 Å². The molecule has 0 spiro atoms. The summed E-state index contributed by atoms with van der Waals surface area (Å²) in [5, 5.41) is 9.53. The minimum Gasteiger partial charge on any atom is -0.460 e. The van der Waals surface area contributed by atoms with E-state index in [0.717, 1.165) is 42.1 Å². The second-order valence-corrected chi connectivity index (χ2v) is 12.3. The Bertz CT molecular complexity index is 1280. The van der Waals surface area contributed by atoms with Crippen molar-refractivity contribution < 1.29 is 22.5 Å². The van der Waals surface area contributed by atoms with Crippen molar-refractivity contribution in [2.45, 2.75) is 64.0 Å². The van der Waals surface area contributed by atoms with Gasteiger partial charge in [0.2, 0.25) is 0 Å². The number of carbonyl (C=O) groups excluding carboxylic acids is 1. The third kappa shape index (κ3) is 4.53. The van der Waals surface area contributed by atoms with Crippen molar-refractivity contribution in [3.8, 4) is 11.5 Å². The lowest BCUT2D eigenvalue weighted by molar-refractivity contribution is -0.161. The summed E-state index contributed by atoms with van der Waals surface area (Å²) in [6.45, 7) is 5.65. The molecule has 33 heavy (non-hydrogen) atoms. The largest absolute Gasteiger partial charge is 0.460 e. The molecule has 3 aromatic rings. The minimum atomic E-state index is -2.95. The molecule has 0 atom stereocenters. The molecule has 1 aromatic carbocycles. The van der Waals surface area contributed by atoms with Crippen LogP contribution in [0.3, 0.4) is 0 Å². The van der Waals surface area contributed by atoms with Gasteiger partial charge in [0.05, 0.1) is 35.2 Å². The van der Waals surface area contributed by atoms with Crippen molar-refractivity contribution in [2.75, 3.05) is 11.5 Å². The van der Waals surface area contributed by atoms with E-state index < -0.39 is 15.4 Å². The van der Waals surface area contributed by atoms with Crippen molar-refractivity contribution in [1.29, 1.82) is 0 Å². The average molecular weight is 473 g/mol. The van der Waals surface area contributed by atoms with Gasteiger partial charge in [-0.3, -0.25) is 9.48 Å². The average Bonchev–Trinajstić information content (AvgIpc) is 3.38. The van der Waals surface area contributed by atoms with Crippen LogP contribution in [0.5, 0.6) is 0 Å². The van der Waals surface area contributed by atoms with Crippen LogP contribution in [-0.4, -0.2) is 51.4 Å². The van der Waals surface area contributed by atoms with Crippen molar-refractivity contribution >= 4 is 26.7 Å². The van der Waals surface area contributed by atoms with E-state index in [1.54, 1.807) is 10.9 Å². The number of sulfone groups is 1. The highest BCUT2D eigenvalue weighted by molar-refractivity contribution is 7.92. The van der Waals surface area contributed by atoms with Gasteiger partial charge in [0, 0.05) is 16.9 Å². The molecule has 0 amide bonds. The van der Waals surface area contributed by atoms with Gasteiger partial charge in [0.1, 0.15) is 5.60 Å². The number of aromatic nitrogens is 4. The van der Waals surface area contributed by atoms with E-state index in [1.807, 2.05) is 39.0 Å². The van der Waals surface area contributed by atoms with Gasteiger partial charge in [0.15, 0.2) is 15.7 Å². The number of benzene rings is 1. The van der Waals surface area contributed by atoms with Crippen molar-refractivity contribution in [3.63, 3.8) is 0 Å². The highest BCUT2D eigenvalue weighted by Crippen LogP contribution is 2.37. The molecule has 0 N–H and O–H groups in total. The van der Waals surface area contributed by atoms with E-state index in [0.29, 0.717) is 11.7 Å². The van der Waals surface area contributed by atoms with E-state index >= 15 is 0 Å². The SMILES string of the molecule is CC(C)(C)OC(=O)C1CCC(c2noc(-c3ccc4cnn(C5CS(=O)(=O)C5)c4c3)n2)CC1. The van der Waals surface area contributed by atoms with Crippen molar-refractivity contribution in [3.05, 3.63) is 30.2 Å². The summed E-state index contributed by atoms with van der Waals surface area (Å²) < 4.78 is 36.0. The number of rotatable bonds is 4. The molecule has 1 aliphatic heterocycles. The normalized spacial score (nSPS) is 23.4. The molecule has 5 rings (SSSR count). The van der Waals surface area contributed by atoms with Gasteiger partial charge in [-0.2, -0.15) is 10.1 Å². The lowest BCUT2D eigenvalue weighted by atomic mass is 9.81. The maximum absolute atomic E-state index is 12.4. The Morgan fingerprint density at radius 1 is 1.15 bits per heavy atom. The Kier molecular flexibility index (Phi) is 5.30. The molecule has 0 bridgehead atoms. The number of ether oxygens (including phenoxy) is 1. The fourth-order valence-electron chi connectivity index (χ4n) is 4.63. The molecular formula is C23H28N4O5S. The number of hydrogen-bond donors (Lipinski definition) is 0. The standard InChI is InChI=1S/C23H28N4O5S/c1-23(2,3)31-22(28)15-6-4-14(5-7-15)20-25-21(32-26-20)16-8-9-17-11-24-27(19(17)10-16)18-12-33(29,30)13-18/h8-11,14-15,18H,4-7,12-13H2,1-3H3. The lowest BCUT2D eigenvalue weighted by Gasteiger charge is -2.28. The molecule has 9 nitrogen and oxygen atoms in total. The second-order valence-electron chi connectivity index (χ2n) is 10.1. The zero-order valence-corrected chi connectivity index (χ0v) is 19.8. The van der Waals surface area contributed by atoms with Crippen LogP contribution in [-0.2, 0) is 19.4 Å². The van der Waals surface area contributed by atoms with E-state index in [2.05, 4.69) is 15.2 Å². The van der Waals surface area contributed by atoms with Crippen molar-refractivity contribution in [2.24, 2.45) is 5.92 Å². The monoisotopic (exact) mass is 472 g/mol. The molecule has 176 valence electrons. The van der Waals surface area contributed by atoms with E-state index in [1.165, 1.54) is 0 Å². The first kappa shape index (κ1) is 22.1. The molecule has 10 heteroatoms. The topological polar surface area (TPSA) is 117 Å². The Morgan fingerprint density at radius 2 is 1.88 bits per heavy atom. The zero-order valence-electron chi connectivity index (χ0n) is 19.0. The molecule has 2 aromatic heterocycles. The van der Waals surface area contributed by atoms with Gasteiger partial charge in [0.25, 0.3) is 5.89 Å². The number of fused-ring (bicyclic) bond motifs is 1. The summed E-state index contributed by atoms with van der Waals surface area (Å²) >= 11 is 0. The van der Waals surface area contributed by atoms with E-state index in [4.69, 9.17) is 9.26 Å². The van der Waals surface area contributed by atoms with Gasteiger partial charge in [-0.05, 0) is 58.6 Å². The highest BCUT2D eigenvalue weighted by atomic mass is 32.2. The molecule has 0 unspecified atom stereocenters. The Morgan fingerprint density at radius 3 is 2.55 bits per heavy atom. The molecule has 2 fully saturated rings. The van der Waals surface area contributed by atoms with Crippen LogP contribution in [0, 0.1) is 5.92 Å². The molecule has 1 saturated carbocycles. The van der Waals surface area contributed by atoms with Crippen LogP contribution in [0.1, 0.15) is 64.2 Å². The highest BCUT2D eigenvalue weighted by Gasteiger charge is 2.36. The molecule has 1 aliphatic carbocycles. The third-order valence-electron chi connectivity index (χ3n) is 6.36. The number of esters is 1. The molecule has 1 saturated heterocycles. The first-order valence-corrected chi connectivity index (χ1v) is 13.1. The van der Waals surface area contributed by atoms with Crippen LogP contribution in [0.25, 0.3) is 22.4 Å². The van der Waals surface area contributed by atoms with E-state index in [-0.39, 0.29) is 35.4 Å². The third-order valence-corrected chi connectivity index (χ3v) is 8.14. The molecule has 2 aliphatic rings. The maximum atomic E-state index is 12.4. The summed E-state index contributed by atoms with van der Waals surface area (Å²) in [5.41, 5.74) is 1.15. The number of hydrogen-bond acceptors (Lipinski definition) is 8. The van der Waals surface area contributed by atoms with Gasteiger partial charge in [-0.25, -0.2) is 8.42 Å². The summed E-state index contributed by atoms with van der Waals surface area (Å²) in [7, 11) is -2.95. The van der Waals surface area contributed by atoms with Gasteiger partial charge >= 0.3 is 5.97 Å². The van der Waals surface area contributed by atoms with Crippen LogP contribution in [0.15, 0.2) is 28.9 Å². The quantitative estimate of drug-likeness (QED) is 0.528. The zero-order chi connectivity index (χ0) is 23.4. The Balaban J connectivity index is 1.29. The number of carbonyl (C=O) groups is 1. The van der Waals surface area contributed by atoms with Crippen LogP contribution >= 0.6 is 0 Å². The predicted molar refractivity (Wildman–Crippen MR) is 121 cm³/mol. The first-order valence-electron chi connectivity index (χ1n) is 11.3. The van der Waals surface area contributed by atoms with Crippen LogP contribution in [0.2, 0.25) is 0 Å². The smallest absolute Gasteiger partial charge is 0.309 e. The lowest BCUT2D eigenvalue weighted by Crippen LogP contribution is -2.38. The first-order chi connectivity index (χ1) is 15.6. The second kappa shape index (κ2) is 7.93. The van der Waals surface area contributed by atoms with Gasteiger partial charge in [-0.15, -0.1) is 0 Å². The van der Waals surface area contributed by atoms with Crippen LogP contribution in [0.4, 0.5) is 0 Å². The summed E-state index contributed by atoms with van der Waals surface area (Å²) in [4.78, 5) is 17.0. The van der Waals surface area contributed by atoms with Crippen LogP contribution < -0.4 is 0 Å². The fraction of sp³-hybridized carbons (Fsp3) is 0.565. The molecular weight excluding hydrogens is 444 g/mol. The predicted octanol–water partition coefficient (Wildman–Crippen LogP) is 3.67. The molecule has 0 radical (unpaired) electrons. The minimum absolute atomic E-state index is 0.0788. The fourth-order valence-corrected chi connectivity index (χ4v) is 5.99. The Hall–Kier alpha value is -2.75. The maximum Gasteiger partial charge on any atom is 0.309 e.